The van der Waals surface area contributed by atoms with Crippen molar-refractivity contribution >= 4 is 17.7 Å². The van der Waals surface area contributed by atoms with Crippen LogP contribution in [0.1, 0.15) is 46.8 Å². The maximum Gasteiger partial charge on any atom is 0.253 e. The first kappa shape index (κ1) is 14.3. The van der Waals surface area contributed by atoms with Gasteiger partial charge in [-0.1, -0.05) is 13.3 Å². The van der Waals surface area contributed by atoms with E-state index in [9.17, 15) is 14.4 Å². The molecule has 0 spiro atoms. The summed E-state index contributed by atoms with van der Waals surface area (Å²) in [6.07, 6.45) is 7.70. The minimum atomic E-state index is -0.223. The molecule has 5 heteroatoms. The van der Waals surface area contributed by atoms with Crippen LogP contribution in [-0.2, 0) is 14.4 Å². The van der Waals surface area contributed by atoms with E-state index < -0.39 is 0 Å². The van der Waals surface area contributed by atoms with Crippen LogP contribution in [0.15, 0.2) is 12.2 Å². The first-order valence-corrected chi connectivity index (χ1v) is 7.72. The zero-order valence-corrected chi connectivity index (χ0v) is 12.3. The van der Waals surface area contributed by atoms with Gasteiger partial charge in [0.2, 0.25) is 5.91 Å². The molecule has 3 amide bonds. The van der Waals surface area contributed by atoms with Crippen LogP contribution in [0.4, 0.5) is 0 Å². The second-order valence-electron chi connectivity index (χ2n) is 5.84. The molecule has 2 aliphatic rings. The molecular weight excluding hydrogens is 268 g/mol. The Morgan fingerprint density at radius 1 is 1.29 bits per heavy atom. The molecule has 1 saturated carbocycles. The fourth-order valence-corrected chi connectivity index (χ4v) is 2.96. The molecule has 1 aliphatic heterocycles. The molecule has 2 rings (SSSR count). The van der Waals surface area contributed by atoms with Crippen LogP contribution in [0.5, 0.6) is 0 Å². The SMILES string of the molecule is [3H]CCCCNC(=O)C1CCC(CN2C(=O)C=CC2=O)CC1. The number of hydrogen-bond donors (Lipinski definition) is 1. The van der Waals surface area contributed by atoms with Crippen LogP contribution in [-0.4, -0.2) is 35.7 Å². The Labute approximate surface area is 127 Å². The molecule has 1 fully saturated rings. The van der Waals surface area contributed by atoms with E-state index >= 15 is 0 Å². The van der Waals surface area contributed by atoms with Crippen molar-refractivity contribution in [3.05, 3.63) is 12.2 Å². The first-order valence-electron chi connectivity index (χ1n) is 8.43. The number of amides is 3. The van der Waals surface area contributed by atoms with Gasteiger partial charge >= 0.3 is 0 Å². The molecule has 1 N–H and O–H groups in total. The Hall–Kier alpha value is -1.65. The molecular formula is C16H24N2O3. The Morgan fingerprint density at radius 2 is 1.95 bits per heavy atom. The highest BCUT2D eigenvalue weighted by Gasteiger charge is 2.30. The van der Waals surface area contributed by atoms with E-state index in [1.54, 1.807) is 0 Å². The molecule has 21 heavy (non-hydrogen) atoms. The van der Waals surface area contributed by atoms with Crippen LogP contribution in [0.2, 0.25) is 0 Å². The third-order valence-corrected chi connectivity index (χ3v) is 4.28. The van der Waals surface area contributed by atoms with Crippen molar-refractivity contribution in [1.82, 2.24) is 10.2 Å². The maximum absolute atomic E-state index is 12.0. The highest BCUT2D eigenvalue weighted by atomic mass is 16.2. The fourth-order valence-electron chi connectivity index (χ4n) is 2.96. The lowest BCUT2D eigenvalue weighted by Crippen LogP contribution is -2.38. The van der Waals surface area contributed by atoms with Crippen LogP contribution in [0, 0.1) is 11.8 Å². The Kier molecular flexibility index (Phi) is 5.03. The lowest BCUT2D eigenvalue weighted by molar-refractivity contribution is -0.138. The molecule has 0 aromatic carbocycles. The zero-order chi connectivity index (χ0) is 15.9. The van der Waals surface area contributed by atoms with Gasteiger partial charge in [-0.25, -0.2) is 0 Å². The van der Waals surface area contributed by atoms with E-state index in [2.05, 4.69) is 5.32 Å². The van der Waals surface area contributed by atoms with Crippen molar-refractivity contribution in [3.8, 4) is 0 Å². The number of nitrogens with zero attached hydrogens (tertiary/aromatic N) is 1. The lowest BCUT2D eigenvalue weighted by Gasteiger charge is -2.30. The predicted octanol–water partition coefficient (Wildman–Crippen LogP) is 1.63. The van der Waals surface area contributed by atoms with Crippen molar-refractivity contribution in [3.63, 3.8) is 0 Å². The van der Waals surface area contributed by atoms with Gasteiger partial charge in [0.05, 0.1) is 0 Å². The van der Waals surface area contributed by atoms with Gasteiger partial charge in [0.25, 0.3) is 11.8 Å². The summed E-state index contributed by atoms with van der Waals surface area (Å²) < 4.78 is 7.06. The third kappa shape index (κ3) is 4.16. The highest BCUT2D eigenvalue weighted by molar-refractivity contribution is 6.12. The Morgan fingerprint density at radius 3 is 2.57 bits per heavy atom. The number of carbonyl (C=O) groups excluding carboxylic acids is 3. The van der Waals surface area contributed by atoms with Crippen LogP contribution >= 0.6 is 0 Å². The predicted molar refractivity (Wildman–Crippen MR) is 79.2 cm³/mol. The van der Waals surface area contributed by atoms with Crippen molar-refractivity contribution < 1.29 is 15.8 Å². The van der Waals surface area contributed by atoms with Crippen LogP contribution < -0.4 is 5.32 Å². The van der Waals surface area contributed by atoms with Crippen molar-refractivity contribution in [2.75, 3.05) is 13.1 Å². The number of unbranched alkanes of at least 4 members (excludes halogenated alkanes) is 1. The lowest BCUT2D eigenvalue weighted by atomic mass is 9.81. The zero-order valence-electron chi connectivity index (χ0n) is 13.3. The van der Waals surface area contributed by atoms with Crippen LogP contribution in [0.3, 0.4) is 0 Å². The minimum Gasteiger partial charge on any atom is -0.356 e. The van der Waals surface area contributed by atoms with Gasteiger partial charge in [-0.15, -0.1) is 0 Å². The minimum absolute atomic E-state index is 0.0513. The van der Waals surface area contributed by atoms with Gasteiger partial charge in [-0.2, -0.15) is 0 Å². The second-order valence-corrected chi connectivity index (χ2v) is 5.84. The number of carbonyl (C=O) groups is 3. The molecule has 0 bridgehead atoms. The number of hydrogen-bond acceptors (Lipinski definition) is 3. The molecule has 1 heterocycles. The van der Waals surface area contributed by atoms with E-state index in [1.807, 2.05) is 0 Å². The van der Waals surface area contributed by atoms with Gasteiger partial charge < -0.3 is 5.32 Å². The quantitative estimate of drug-likeness (QED) is 0.598. The van der Waals surface area contributed by atoms with Gasteiger partial charge in [-0.05, 0) is 38.0 Å². The Bertz CT molecular complexity index is 438. The molecule has 1 aliphatic carbocycles. The summed E-state index contributed by atoms with van der Waals surface area (Å²) in [5.41, 5.74) is 0. The van der Waals surface area contributed by atoms with E-state index in [0.29, 0.717) is 25.9 Å². The monoisotopic (exact) mass is 294 g/mol. The van der Waals surface area contributed by atoms with Gasteiger partial charge in [0, 0.05) is 32.5 Å². The van der Waals surface area contributed by atoms with Gasteiger partial charge in [-0.3, -0.25) is 19.3 Å². The van der Waals surface area contributed by atoms with Gasteiger partial charge in [0.15, 0.2) is 0 Å². The van der Waals surface area contributed by atoms with Gasteiger partial charge in [0.1, 0.15) is 0 Å². The average molecular weight is 294 g/mol. The summed E-state index contributed by atoms with van der Waals surface area (Å²) >= 11 is 0. The standard InChI is InChI=1S/C16H24N2O3/c1-2-3-10-17-16(21)13-6-4-12(5-7-13)11-18-14(19)8-9-15(18)20/h8-9,12-13H,2-7,10-11H2,1H3,(H,17,21)/i1T. The van der Waals surface area contributed by atoms with Crippen molar-refractivity contribution in [2.24, 2.45) is 11.8 Å². The first-order chi connectivity index (χ1) is 10.6. The summed E-state index contributed by atoms with van der Waals surface area (Å²) in [5, 5.41) is 2.94. The van der Waals surface area contributed by atoms with E-state index in [-0.39, 0.29) is 23.6 Å². The third-order valence-electron chi connectivity index (χ3n) is 4.28. The smallest absolute Gasteiger partial charge is 0.253 e. The number of imide groups is 1. The van der Waals surface area contributed by atoms with Crippen LogP contribution in [0.25, 0.3) is 0 Å². The Balaban J connectivity index is 1.68. The normalized spacial score (nSPS) is 26.1. The molecule has 0 unspecified atom stereocenters. The summed E-state index contributed by atoms with van der Waals surface area (Å²) in [6.45, 7) is 1.53. The van der Waals surface area contributed by atoms with Crippen molar-refractivity contribution in [2.45, 2.75) is 45.4 Å². The highest BCUT2D eigenvalue weighted by Crippen LogP contribution is 2.30. The fraction of sp³-hybridized carbons (Fsp3) is 0.688. The summed E-state index contributed by atoms with van der Waals surface area (Å²) in [7, 11) is 0. The summed E-state index contributed by atoms with van der Waals surface area (Å²) in [4.78, 5) is 36.4. The molecule has 116 valence electrons. The molecule has 0 aromatic rings. The van der Waals surface area contributed by atoms with E-state index in [4.69, 9.17) is 1.37 Å². The van der Waals surface area contributed by atoms with E-state index in [1.165, 1.54) is 17.1 Å². The molecule has 5 nitrogen and oxygen atoms in total. The molecule has 0 saturated heterocycles. The maximum atomic E-state index is 12.0. The number of nitrogens with one attached hydrogen (secondary N) is 1. The van der Waals surface area contributed by atoms with Crippen molar-refractivity contribution in [1.29, 1.82) is 0 Å². The largest absolute Gasteiger partial charge is 0.356 e. The summed E-state index contributed by atoms with van der Waals surface area (Å²) in [5.74, 6) is 0.0208. The second kappa shape index (κ2) is 7.38. The molecule has 0 radical (unpaired) electrons. The molecule has 0 atom stereocenters. The molecule has 0 aromatic heterocycles. The average Bonchev–Trinajstić information content (AvgIpc) is 2.84. The number of rotatable bonds is 6. The topological polar surface area (TPSA) is 66.5 Å². The summed E-state index contributed by atoms with van der Waals surface area (Å²) in [6, 6.07) is 0. The van der Waals surface area contributed by atoms with E-state index in [0.717, 1.165) is 38.5 Å².